The van der Waals surface area contributed by atoms with Gasteiger partial charge in [-0.1, -0.05) is 11.6 Å². The summed E-state index contributed by atoms with van der Waals surface area (Å²) in [7, 11) is 0. The van der Waals surface area contributed by atoms with Crippen molar-refractivity contribution >= 4 is 46.6 Å². The van der Waals surface area contributed by atoms with Crippen LogP contribution in [0.3, 0.4) is 0 Å². The predicted molar refractivity (Wildman–Crippen MR) is 64.7 cm³/mol. The number of aromatic nitrogens is 5. The van der Waals surface area contributed by atoms with Gasteiger partial charge in [-0.05, 0) is 24.4 Å². The van der Waals surface area contributed by atoms with Gasteiger partial charge in [0.25, 0.3) is 0 Å². The fourth-order valence-corrected chi connectivity index (χ4v) is 2.42. The first-order valence-electron chi connectivity index (χ1n) is 4.30. The molecule has 0 bridgehead atoms. The van der Waals surface area contributed by atoms with Crippen molar-refractivity contribution in [2.45, 2.75) is 0 Å². The van der Waals surface area contributed by atoms with Crippen molar-refractivity contribution in [3.63, 3.8) is 0 Å². The Bertz CT molecular complexity index is 712. The van der Waals surface area contributed by atoms with E-state index in [0.29, 0.717) is 15.5 Å². The number of halogens is 1. The molecule has 0 aliphatic heterocycles. The standard InChI is InChI=1S/C8H4ClN5S2/c9-4-1-2-5-6(13-16-12-5)7(4)14-3-10-11-8(14)15/h1-3H,(H,11,15). The van der Waals surface area contributed by atoms with E-state index in [4.69, 9.17) is 23.8 Å². The van der Waals surface area contributed by atoms with Crippen molar-refractivity contribution in [1.29, 1.82) is 0 Å². The molecule has 1 N–H and O–H groups in total. The zero-order valence-electron chi connectivity index (χ0n) is 7.72. The Hall–Kier alpha value is -1.31. The van der Waals surface area contributed by atoms with Gasteiger partial charge in [-0.25, -0.2) is 0 Å². The summed E-state index contributed by atoms with van der Waals surface area (Å²) in [6.45, 7) is 0. The third kappa shape index (κ3) is 1.36. The van der Waals surface area contributed by atoms with E-state index in [2.05, 4.69) is 18.9 Å². The van der Waals surface area contributed by atoms with Crippen LogP contribution in [0.15, 0.2) is 18.5 Å². The van der Waals surface area contributed by atoms with Gasteiger partial charge in [0.1, 0.15) is 17.4 Å². The van der Waals surface area contributed by atoms with Gasteiger partial charge >= 0.3 is 0 Å². The van der Waals surface area contributed by atoms with Crippen LogP contribution in [0.2, 0.25) is 5.02 Å². The second-order valence-electron chi connectivity index (χ2n) is 3.06. The molecule has 5 nitrogen and oxygen atoms in total. The minimum atomic E-state index is 0.474. The molecule has 0 aliphatic carbocycles. The normalized spacial score (nSPS) is 11.1. The van der Waals surface area contributed by atoms with Crippen LogP contribution >= 0.6 is 35.5 Å². The van der Waals surface area contributed by atoms with Crippen molar-refractivity contribution < 1.29 is 0 Å². The molecule has 0 amide bonds. The highest BCUT2D eigenvalue weighted by molar-refractivity contribution is 7.71. The van der Waals surface area contributed by atoms with Crippen LogP contribution < -0.4 is 0 Å². The number of hydrogen-bond donors (Lipinski definition) is 1. The molecule has 3 rings (SSSR count). The van der Waals surface area contributed by atoms with E-state index in [1.165, 1.54) is 0 Å². The maximum Gasteiger partial charge on any atom is 0.199 e. The Labute approximate surface area is 104 Å². The lowest BCUT2D eigenvalue weighted by Gasteiger charge is -2.04. The maximum atomic E-state index is 6.15. The number of hydrogen-bond acceptors (Lipinski definition) is 5. The van der Waals surface area contributed by atoms with Crippen molar-refractivity contribution in [3.8, 4) is 5.69 Å². The summed E-state index contributed by atoms with van der Waals surface area (Å²) in [4.78, 5) is 0. The molecule has 0 radical (unpaired) electrons. The lowest BCUT2D eigenvalue weighted by Crippen LogP contribution is -1.95. The van der Waals surface area contributed by atoms with E-state index < -0.39 is 0 Å². The van der Waals surface area contributed by atoms with Gasteiger partial charge in [-0.15, -0.1) is 0 Å². The van der Waals surface area contributed by atoms with E-state index in [0.717, 1.165) is 22.8 Å². The van der Waals surface area contributed by atoms with Crippen LogP contribution in [0, 0.1) is 4.77 Å². The van der Waals surface area contributed by atoms with Crippen LogP contribution in [-0.2, 0) is 0 Å². The fourth-order valence-electron chi connectivity index (χ4n) is 1.45. The minimum absolute atomic E-state index is 0.474. The van der Waals surface area contributed by atoms with E-state index in [1.54, 1.807) is 17.0 Å². The molecule has 2 aromatic heterocycles. The number of H-pyrrole nitrogens is 1. The number of nitrogens with one attached hydrogen (secondary N) is 1. The van der Waals surface area contributed by atoms with Crippen LogP contribution in [0.5, 0.6) is 0 Å². The summed E-state index contributed by atoms with van der Waals surface area (Å²) in [5.74, 6) is 0. The Morgan fingerprint density at radius 2 is 2.25 bits per heavy atom. The van der Waals surface area contributed by atoms with Gasteiger partial charge in [0, 0.05) is 0 Å². The van der Waals surface area contributed by atoms with Gasteiger partial charge in [-0.3, -0.25) is 9.67 Å². The number of rotatable bonds is 1. The highest BCUT2D eigenvalue weighted by atomic mass is 35.5. The molecule has 0 fully saturated rings. The number of fused-ring (bicyclic) bond motifs is 1. The molecular weight excluding hydrogens is 266 g/mol. The molecule has 8 heteroatoms. The second-order valence-corrected chi connectivity index (χ2v) is 4.38. The summed E-state index contributed by atoms with van der Waals surface area (Å²) in [6.07, 6.45) is 1.57. The zero-order valence-corrected chi connectivity index (χ0v) is 10.1. The van der Waals surface area contributed by atoms with Crippen molar-refractivity contribution in [2.24, 2.45) is 0 Å². The average molecular weight is 270 g/mol. The van der Waals surface area contributed by atoms with Crippen LogP contribution in [0.4, 0.5) is 0 Å². The van der Waals surface area contributed by atoms with E-state index in [-0.39, 0.29) is 0 Å². The van der Waals surface area contributed by atoms with Crippen molar-refractivity contribution in [1.82, 2.24) is 23.5 Å². The van der Waals surface area contributed by atoms with Crippen molar-refractivity contribution in [2.75, 3.05) is 0 Å². The third-order valence-electron chi connectivity index (χ3n) is 2.15. The Morgan fingerprint density at radius 3 is 3.00 bits per heavy atom. The molecular formula is C8H4ClN5S2. The highest BCUT2D eigenvalue weighted by Crippen LogP contribution is 2.28. The van der Waals surface area contributed by atoms with E-state index >= 15 is 0 Å². The molecule has 0 spiro atoms. The lowest BCUT2D eigenvalue weighted by atomic mass is 10.2. The van der Waals surface area contributed by atoms with E-state index in [9.17, 15) is 0 Å². The molecule has 80 valence electrons. The van der Waals surface area contributed by atoms with Gasteiger partial charge in [-0.2, -0.15) is 13.8 Å². The summed E-state index contributed by atoms with van der Waals surface area (Å²) in [6, 6.07) is 3.60. The van der Waals surface area contributed by atoms with Gasteiger partial charge in [0.15, 0.2) is 4.77 Å². The number of nitrogens with zero attached hydrogens (tertiary/aromatic N) is 4. The Balaban J connectivity index is 2.46. The summed E-state index contributed by atoms with van der Waals surface area (Å²) in [5, 5.41) is 7.10. The molecule has 0 saturated heterocycles. The first-order chi connectivity index (χ1) is 7.77. The summed E-state index contributed by atoms with van der Waals surface area (Å²) >= 11 is 12.4. The topological polar surface area (TPSA) is 59.4 Å². The molecule has 16 heavy (non-hydrogen) atoms. The van der Waals surface area contributed by atoms with Crippen LogP contribution in [0.1, 0.15) is 0 Å². The molecule has 1 aromatic carbocycles. The Morgan fingerprint density at radius 1 is 1.38 bits per heavy atom. The summed E-state index contributed by atoms with van der Waals surface area (Å²) < 4.78 is 10.5. The number of benzene rings is 1. The highest BCUT2D eigenvalue weighted by Gasteiger charge is 2.12. The van der Waals surface area contributed by atoms with Gasteiger partial charge in [0.2, 0.25) is 0 Å². The first kappa shape index (κ1) is 9.88. The first-order valence-corrected chi connectivity index (χ1v) is 5.82. The molecule has 2 heterocycles. The Kier molecular flexibility index (Phi) is 2.23. The van der Waals surface area contributed by atoms with Gasteiger partial charge in [0.05, 0.1) is 22.4 Å². The van der Waals surface area contributed by atoms with Gasteiger partial charge < -0.3 is 0 Å². The molecule has 0 unspecified atom stereocenters. The molecule has 0 aliphatic rings. The fraction of sp³-hybridized carbons (Fsp3) is 0. The zero-order chi connectivity index (χ0) is 11.1. The largest absolute Gasteiger partial charge is 0.271 e. The molecule has 0 saturated carbocycles. The second kappa shape index (κ2) is 3.62. The predicted octanol–water partition coefficient (Wildman–Crippen LogP) is 2.59. The van der Waals surface area contributed by atoms with Crippen molar-refractivity contribution in [3.05, 3.63) is 28.3 Å². The average Bonchev–Trinajstić information content (AvgIpc) is 2.87. The maximum absolute atomic E-state index is 6.15. The summed E-state index contributed by atoms with van der Waals surface area (Å²) in [5.41, 5.74) is 2.24. The SMILES string of the molecule is S=c1[nH]ncn1-c1c(Cl)ccc2nsnc12. The minimum Gasteiger partial charge on any atom is -0.271 e. The smallest absolute Gasteiger partial charge is 0.199 e. The quantitative estimate of drug-likeness (QED) is 0.690. The number of aromatic amines is 1. The third-order valence-corrected chi connectivity index (χ3v) is 3.28. The lowest BCUT2D eigenvalue weighted by molar-refractivity contribution is 1.04. The van der Waals surface area contributed by atoms with Crippen LogP contribution in [-0.4, -0.2) is 23.5 Å². The molecule has 0 atom stereocenters. The molecule has 3 aromatic rings. The van der Waals surface area contributed by atoms with Crippen LogP contribution in [0.25, 0.3) is 16.7 Å². The van der Waals surface area contributed by atoms with E-state index in [1.807, 2.05) is 6.07 Å². The monoisotopic (exact) mass is 269 g/mol.